The summed E-state index contributed by atoms with van der Waals surface area (Å²) in [5.41, 5.74) is 4.79. The smallest absolute Gasteiger partial charge is 0.253 e. The standard InChI is InChI=1S/C31H42N4O3/c1-21-24(29(36)32-23-13-16-38-17-14-23)18-28(35(21)20-22-10-6-5-7-11-22)27-19-25(30(37)33-31(2,3)4)26-12-8-9-15-34(26)27/h8-9,12,15,18-19,22-23H,5-7,10-11,13-14,16-17,20H2,1-4H3,(H,32,36)(H,33,37). The number of rotatable bonds is 6. The number of pyridine rings is 1. The first-order valence-electron chi connectivity index (χ1n) is 14.2. The Morgan fingerprint density at radius 1 is 0.947 bits per heavy atom. The van der Waals surface area contributed by atoms with Gasteiger partial charge in [0, 0.05) is 43.2 Å². The topological polar surface area (TPSA) is 76.8 Å². The van der Waals surface area contributed by atoms with E-state index in [2.05, 4.69) is 26.5 Å². The molecule has 1 aliphatic carbocycles. The van der Waals surface area contributed by atoms with E-state index >= 15 is 0 Å². The van der Waals surface area contributed by atoms with Crippen LogP contribution in [0.3, 0.4) is 0 Å². The SMILES string of the molecule is Cc1c(C(=O)NC2CCOCC2)cc(-c2cc(C(=O)NC(C)(C)C)c3ccccn23)n1CC1CCCCC1. The van der Waals surface area contributed by atoms with E-state index in [9.17, 15) is 9.59 Å². The Bertz CT molecular complexity index is 1300. The van der Waals surface area contributed by atoms with Crippen LogP contribution in [-0.2, 0) is 11.3 Å². The molecule has 3 aromatic heterocycles. The van der Waals surface area contributed by atoms with Crippen molar-refractivity contribution in [1.82, 2.24) is 19.6 Å². The van der Waals surface area contributed by atoms with Crippen molar-refractivity contribution < 1.29 is 14.3 Å². The first-order valence-corrected chi connectivity index (χ1v) is 14.2. The van der Waals surface area contributed by atoms with Crippen LogP contribution in [0.15, 0.2) is 36.5 Å². The first-order chi connectivity index (χ1) is 18.2. The largest absolute Gasteiger partial charge is 0.381 e. The zero-order valence-corrected chi connectivity index (χ0v) is 23.3. The molecule has 38 heavy (non-hydrogen) atoms. The number of ether oxygens (including phenoxy) is 1. The van der Waals surface area contributed by atoms with Crippen LogP contribution in [0.4, 0.5) is 0 Å². The predicted octanol–water partition coefficient (Wildman–Crippen LogP) is 5.73. The van der Waals surface area contributed by atoms with Crippen LogP contribution in [0.25, 0.3) is 16.9 Å². The Hall–Kier alpha value is -3.06. The molecule has 1 saturated carbocycles. The number of amides is 2. The van der Waals surface area contributed by atoms with E-state index < -0.39 is 0 Å². The summed E-state index contributed by atoms with van der Waals surface area (Å²) in [7, 11) is 0. The Morgan fingerprint density at radius 3 is 2.37 bits per heavy atom. The summed E-state index contributed by atoms with van der Waals surface area (Å²) >= 11 is 0. The molecule has 7 nitrogen and oxygen atoms in total. The molecule has 0 aromatic carbocycles. The van der Waals surface area contributed by atoms with Crippen LogP contribution in [0.5, 0.6) is 0 Å². The maximum absolute atomic E-state index is 13.5. The first kappa shape index (κ1) is 26.5. The molecule has 0 radical (unpaired) electrons. The van der Waals surface area contributed by atoms with Gasteiger partial charge in [-0.3, -0.25) is 9.59 Å². The number of hydrogen-bond donors (Lipinski definition) is 2. The molecular formula is C31H42N4O3. The molecule has 0 bridgehead atoms. The molecule has 3 aromatic rings. The molecule has 204 valence electrons. The van der Waals surface area contributed by atoms with Gasteiger partial charge in [-0.1, -0.05) is 25.3 Å². The van der Waals surface area contributed by atoms with Crippen molar-refractivity contribution in [2.75, 3.05) is 13.2 Å². The number of nitrogens with one attached hydrogen (secondary N) is 2. The maximum atomic E-state index is 13.5. The fourth-order valence-electron chi connectivity index (χ4n) is 6.00. The summed E-state index contributed by atoms with van der Waals surface area (Å²) < 4.78 is 9.89. The lowest BCUT2D eigenvalue weighted by Crippen LogP contribution is -2.40. The highest BCUT2D eigenvalue weighted by Crippen LogP contribution is 2.34. The summed E-state index contributed by atoms with van der Waals surface area (Å²) in [4.78, 5) is 26.8. The van der Waals surface area contributed by atoms with E-state index in [0.717, 1.165) is 42.0 Å². The van der Waals surface area contributed by atoms with Crippen LogP contribution in [0.2, 0.25) is 0 Å². The van der Waals surface area contributed by atoms with Crippen molar-refractivity contribution in [3.8, 4) is 11.4 Å². The molecule has 2 amide bonds. The third-order valence-corrected chi connectivity index (χ3v) is 8.01. The summed E-state index contributed by atoms with van der Waals surface area (Å²) in [6, 6.07) is 10.1. The average Bonchev–Trinajstić information content (AvgIpc) is 3.42. The van der Waals surface area contributed by atoms with E-state index in [-0.39, 0.29) is 23.4 Å². The van der Waals surface area contributed by atoms with E-state index in [1.54, 1.807) is 0 Å². The van der Waals surface area contributed by atoms with Crippen molar-refractivity contribution in [2.24, 2.45) is 5.92 Å². The fraction of sp³-hybridized carbons (Fsp3) is 0.548. The molecule has 2 aliphatic rings. The Labute approximate surface area is 225 Å². The van der Waals surface area contributed by atoms with E-state index in [1.807, 2.05) is 57.3 Å². The Balaban J connectivity index is 1.58. The number of nitrogens with zero attached hydrogens (tertiary/aromatic N) is 2. The van der Waals surface area contributed by atoms with Crippen molar-refractivity contribution in [3.05, 3.63) is 53.3 Å². The van der Waals surface area contributed by atoms with Crippen molar-refractivity contribution in [1.29, 1.82) is 0 Å². The average molecular weight is 519 g/mol. The lowest BCUT2D eigenvalue weighted by Gasteiger charge is -2.24. The Kier molecular flexibility index (Phi) is 7.66. The quantitative estimate of drug-likeness (QED) is 0.437. The summed E-state index contributed by atoms with van der Waals surface area (Å²) in [5, 5.41) is 6.37. The highest BCUT2D eigenvalue weighted by atomic mass is 16.5. The molecular weight excluding hydrogens is 476 g/mol. The van der Waals surface area contributed by atoms with E-state index in [0.29, 0.717) is 30.3 Å². The van der Waals surface area contributed by atoms with Gasteiger partial charge in [-0.15, -0.1) is 0 Å². The molecule has 7 heteroatoms. The predicted molar refractivity (Wildman–Crippen MR) is 151 cm³/mol. The number of carbonyl (C=O) groups excluding carboxylic acids is 2. The third kappa shape index (κ3) is 5.68. The molecule has 2 N–H and O–H groups in total. The van der Waals surface area contributed by atoms with Crippen LogP contribution >= 0.6 is 0 Å². The zero-order valence-electron chi connectivity index (χ0n) is 23.3. The molecule has 0 atom stereocenters. The minimum Gasteiger partial charge on any atom is -0.381 e. The molecule has 4 heterocycles. The lowest BCUT2D eigenvalue weighted by molar-refractivity contribution is 0.0696. The van der Waals surface area contributed by atoms with E-state index in [1.165, 1.54) is 32.1 Å². The number of aromatic nitrogens is 2. The van der Waals surface area contributed by atoms with Gasteiger partial charge in [0.15, 0.2) is 0 Å². The van der Waals surface area contributed by atoms with Gasteiger partial charge < -0.3 is 24.3 Å². The second-order valence-corrected chi connectivity index (χ2v) is 12.1. The summed E-state index contributed by atoms with van der Waals surface area (Å²) in [6.45, 7) is 10.3. The van der Waals surface area contributed by atoms with Gasteiger partial charge in [0.2, 0.25) is 0 Å². The van der Waals surface area contributed by atoms with Gasteiger partial charge in [0.25, 0.3) is 11.8 Å². The van der Waals surface area contributed by atoms with Gasteiger partial charge in [-0.25, -0.2) is 0 Å². The minimum atomic E-state index is -0.340. The van der Waals surface area contributed by atoms with Crippen LogP contribution in [0.1, 0.15) is 92.1 Å². The normalized spacial score (nSPS) is 17.6. The molecule has 1 saturated heterocycles. The molecule has 5 rings (SSSR count). The van der Waals surface area contributed by atoms with Crippen LogP contribution in [-0.4, -0.2) is 45.6 Å². The van der Waals surface area contributed by atoms with Crippen molar-refractivity contribution >= 4 is 17.3 Å². The highest BCUT2D eigenvalue weighted by Gasteiger charge is 2.27. The lowest BCUT2D eigenvalue weighted by atomic mass is 9.89. The molecule has 2 fully saturated rings. The highest BCUT2D eigenvalue weighted by molar-refractivity contribution is 6.03. The number of hydrogen-bond acceptors (Lipinski definition) is 3. The summed E-state index contributed by atoms with van der Waals surface area (Å²) in [5.74, 6) is 0.478. The van der Waals surface area contributed by atoms with Crippen LogP contribution in [0, 0.1) is 12.8 Å². The van der Waals surface area contributed by atoms with Gasteiger partial charge in [0.05, 0.1) is 28.0 Å². The molecule has 0 unspecified atom stereocenters. The Morgan fingerprint density at radius 2 is 1.66 bits per heavy atom. The van der Waals surface area contributed by atoms with Gasteiger partial charge in [0.1, 0.15) is 0 Å². The summed E-state index contributed by atoms with van der Waals surface area (Å²) in [6.07, 6.45) is 9.97. The maximum Gasteiger partial charge on any atom is 0.253 e. The molecule has 1 aliphatic heterocycles. The molecule has 0 spiro atoms. The van der Waals surface area contributed by atoms with Gasteiger partial charge in [-0.2, -0.15) is 0 Å². The van der Waals surface area contributed by atoms with E-state index in [4.69, 9.17) is 4.74 Å². The van der Waals surface area contributed by atoms with Crippen molar-refractivity contribution in [2.45, 2.75) is 90.8 Å². The zero-order chi connectivity index (χ0) is 26.9. The van der Waals surface area contributed by atoms with Crippen LogP contribution < -0.4 is 10.6 Å². The second kappa shape index (κ2) is 11.0. The third-order valence-electron chi connectivity index (χ3n) is 8.01. The van der Waals surface area contributed by atoms with Gasteiger partial charge in [-0.05, 0) is 83.6 Å². The monoisotopic (exact) mass is 518 g/mol. The minimum absolute atomic E-state index is 0.0235. The number of fused-ring (bicyclic) bond motifs is 1. The number of carbonyl (C=O) groups is 2. The van der Waals surface area contributed by atoms with Crippen molar-refractivity contribution in [3.63, 3.8) is 0 Å². The second-order valence-electron chi connectivity index (χ2n) is 12.1. The van der Waals surface area contributed by atoms with Gasteiger partial charge >= 0.3 is 0 Å². The fourth-order valence-corrected chi connectivity index (χ4v) is 6.00.